The van der Waals surface area contributed by atoms with Crippen molar-refractivity contribution in [2.45, 2.75) is 10.8 Å². The third-order valence-corrected chi connectivity index (χ3v) is 12.8. The minimum absolute atomic E-state index is 0.689. The van der Waals surface area contributed by atoms with Gasteiger partial charge in [0.25, 0.3) is 0 Å². The molecule has 0 aliphatic heterocycles. The summed E-state index contributed by atoms with van der Waals surface area (Å²) < 4.78 is 399. The van der Waals surface area contributed by atoms with Crippen molar-refractivity contribution in [2.75, 3.05) is 4.90 Å². The third-order valence-electron chi connectivity index (χ3n) is 12.8. The fraction of sp³-hybridized carbons (Fsp3) is 0.0278. The monoisotopic (exact) mass is 970 g/mol. The number of nitrogens with zero attached hydrogens (tertiary/aromatic N) is 1. The molecule has 0 fully saturated rings. The number of anilines is 3. The fourth-order valence-corrected chi connectivity index (χ4v) is 9.95. The molecule has 0 spiro atoms. The Morgan fingerprint density at radius 2 is 0.904 bits per heavy atom. The van der Waals surface area contributed by atoms with Gasteiger partial charge in [-0.25, -0.2) is 0 Å². The van der Waals surface area contributed by atoms with Gasteiger partial charge >= 0.3 is 0 Å². The molecule has 0 bridgehead atoms. The Kier molecular flexibility index (Phi) is 4.20. The van der Waals surface area contributed by atoms with Crippen LogP contribution in [0.4, 0.5) is 17.1 Å². The quantitative estimate of drug-likeness (QED) is 0.139. The maximum atomic E-state index is 10.9. The summed E-state index contributed by atoms with van der Waals surface area (Å²) in [6.07, 6.45) is 0. The predicted molar refractivity (Wildman–Crippen MR) is 304 cm³/mol. The molecule has 0 heterocycles. The van der Waals surface area contributed by atoms with Crippen molar-refractivity contribution in [1.29, 1.82) is 0 Å². The molecule has 342 valence electrons. The summed E-state index contributed by atoms with van der Waals surface area (Å²) in [5, 5.41) is -1.55. The first kappa shape index (κ1) is 17.8. The normalized spacial score (nSPS) is 22.8. The van der Waals surface area contributed by atoms with Gasteiger partial charge in [-0.3, -0.25) is 0 Å². The van der Waals surface area contributed by atoms with Gasteiger partial charge in [0.15, 0.2) is 0 Å². The van der Waals surface area contributed by atoms with Crippen molar-refractivity contribution < 1.29 is 57.6 Å². The Morgan fingerprint density at radius 3 is 1.68 bits per heavy atom. The molecule has 0 aromatic heterocycles. The van der Waals surface area contributed by atoms with Gasteiger partial charge in [-0.05, 0) is 131 Å². The Bertz CT molecular complexity index is 6430. The number of hydrogen-bond acceptors (Lipinski definition) is 1. The van der Waals surface area contributed by atoms with E-state index < -0.39 is 381 Å². The third kappa shape index (κ3) is 6.42. The van der Waals surface area contributed by atoms with Crippen molar-refractivity contribution in [3.8, 4) is 44.5 Å². The molecule has 12 aromatic carbocycles. The molecule has 0 saturated carbocycles. The summed E-state index contributed by atoms with van der Waals surface area (Å²) in [4.78, 5) is 0.689. The summed E-state index contributed by atoms with van der Waals surface area (Å²) in [6.45, 7) is 0. The number of para-hydroxylation sites is 1. The Labute approximate surface area is 486 Å². The van der Waals surface area contributed by atoms with Crippen molar-refractivity contribution in [1.82, 2.24) is 0 Å². The Balaban J connectivity index is 1.22. The van der Waals surface area contributed by atoms with Gasteiger partial charge in [-0.2, -0.15) is 0 Å². The standard InChI is InChI=1S/C72H49N/c1-6-26-53(27-7-1)71(54-28-8-2-9-29-54)65-41-21-19-39-63(65)70-66(71)42-23-43-68(70)73(57-34-14-5-15-35-57)58-36-22-25-51(48-58)60-46-44-50-24-16-17-37-59(50)69(60)52-45-47-62-61-38-18-20-40-64(61)72(67(62)49-52,55-30-10-3-11-31-55)56-32-12-4-13-33-56/h1-49H/i1D,2D,3D,4D,5D,6D,7D,8D,9D,10D,11D,12D,13D,14D,15D,16D,18D,19D,21D,23D,24D,25D,26D,27D,28D,29D,30D,31D,32D,34D,37D,38D,39D,40D,41D,42D,43D,44D,45D,46D,47D,49D. The van der Waals surface area contributed by atoms with Gasteiger partial charge in [0.2, 0.25) is 0 Å². The van der Waals surface area contributed by atoms with Crippen LogP contribution in [0.5, 0.6) is 0 Å². The predicted octanol–water partition coefficient (Wildman–Crippen LogP) is 18.4. The van der Waals surface area contributed by atoms with Crippen LogP contribution in [-0.2, 0) is 10.8 Å². The van der Waals surface area contributed by atoms with Gasteiger partial charge < -0.3 is 4.90 Å². The summed E-state index contributed by atoms with van der Waals surface area (Å²) >= 11 is 0. The second-order valence-electron chi connectivity index (χ2n) is 16.3. The second kappa shape index (κ2) is 17.2. The molecular weight excluding hydrogens is 879 g/mol. The molecule has 0 saturated heterocycles. The van der Waals surface area contributed by atoms with Gasteiger partial charge in [0, 0.05) is 16.9 Å². The van der Waals surface area contributed by atoms with Crippen LogP contribution in [-0.4, -0.2) is 0 Å². The first-order chi connectivity index (χ1) is 53.6. The van der Waals surface area contributed by atoms with Crippen LogP contribution in [0.25, 0.3) is 55.3 Å². The van der Waals surface area contributed by atoms with Crippen LogP contribution in [0, 0.1) is 0 Å². The zero-order valence-corrected chi connectivity index (χ0v) is 37.0. The summed E-state index contributed by atoms with van der Waals surface area (Å²) in [5.74, 6) is 0. The molecule has 14 rings (SSSR count). The maximum absolute atomic E-state index is 10.9. The van der Waals surface area contributed by atoms with E-state index in [0.717, 1.165) is 42.5 Å². The molecule has 0 radical (unpaired) electrons. The van der Waals surface area contributed by atoms with Crippen LogP contribution < -0.4 is 4.90 Å². The van der Waals surface area contributed by atoms with E-state index in [4.69, 9.17) is 21.9 Å². The molecule has 12 aromatic rings. The van der Waals surface area contributed by atoms with Gasteiger partial charge in [0.05, 0.1) is 74.1 Å². The van der Waals surface area contributed by atoms with E-state index in [1.165, 1.54) is 0 Å². The lowest BCUT2D eigenvalue weighted by atomic mass is 9.67. The van der Waals surface area contributed by atoms with E-state index in [1.54, 1.807) is 0 Å². The van der Waals surface area contributed by atoms with Crippen LogP contribution in [0.1, 0.15) is 102 Å². The maximum Gasteiger partial charge on any atom is 0.0714 e. The SMILES string of the molecule is [2H]c1ccc(N(c2cc([2H])c([2H])c([2H])c2[2H])c2c([2H])c([2H])c([2H])c3c2-c2c([2H])c([2H])c([2H])c([2H])c2C3(c2c([2H])c([2H])c([2H])c([2H])c2[2H])c2c([2H])c([2H])c([2H])c([2H])c2[2H])cc1-c1c([2H])c([2H])c2c([2H])c([2H])cc([2H])c2c1-c1c([2H])c([2H])c2c(c1[2H])C(c1cc([2H])c([2H])c([2H])c1[2H])(c1c([2H])c([2H])c([2H])c([2H])c1[2H])c1c([2H])cc([2H])c([2H])c1-2. The fourth-order valence-electron chi connectivity index (χ4n) is 9.95. The van der Waals surface area contributed by atoms with Crippen LogP contribution in [0.2, 0.25) is 0 Å². The lowest BCUT2D eigenvalue weighted by Gasteiger charge is -2.34. The Morgan fingerprint density at radius 1 is 0.315 bits per heavy atom. The van der Waals surface area contributed by atoms with Crippen molar-refractivity contribution in [2.24, 2.45) is 0 Å². The van der Waals surface area contributed by atoms with Gasteiger partial charge in [-0.15, -0.1) is 0 Å². The summed E-state index contributed by atoms with van der Waals surface area (Å²) in [7, 11) is 0. The first-order valence-corrected chi connectivity index (χ1v) is 22.0. The van der Waals surface area contributed by atoms with Crippen molar-refractivity contribution >= 4 is 27.8 Å². The van der Waals surface area contributed by atoms with Crippen LogP contribution in [0.3, 0.4) is 0 Å². The molecule has 1 unspecified atom stereocenters. The van der Waals surface area contributed by atoms with Gasteiger partial charge in [-0.1, -0.05) is 260 Å². The summed E-state index contributed by atoms with van der Waals surface area (Å²) in [5.41, 5.74) is -24.2. The molecular formula is C72H49N. The van der Waals surface area contributed by atoms with Crippen molar-refractivity contribution in [3.63, 3.8) is 0 Å². The summed E-state index contributed by atoms with van der Waals surface area (Å²) in [6, 6.07) is -40.7. The zero-order valence-electron chi connectivity index (χ0n) is 79.0. The highest BCUT2D eigenvalue weighted by Gasteiger charge is 2.48. The van der Waals surface area contributed by atoms with Crippen molar-refractivity contribution in [3.05, 3.63) is 341 Å². The zero-order chi connectivity index (χ0) is 84.9. The molecule has 1 heteroatoms. The highest BCUT2D eigenvalue weighted by molar-refractivity contribution is 6.06. The number of benzene rings is 12. The molecule has 1 nitrogen and oxygen atoms in total. The van der Waals surface area contributed by atoms with E-state index in [1.807, 2.05) is 0 Å². The molecule has 0 N–H and O–H groups in total. The van der Waals surface area contributed by atoms with E-state index in [-0.39, 0.29) is 0 Å². The minimum Gasteiger partial charge on any atom is -0.310 e. The molecule has 73 heavy (non-hydrogen) atoms. The topological polar surface area (TPSA) is 3.24 Å². The number of fused-ring (bicyclic) bond motifs is 7. The largest absolute Gasteiger partial charge is 0.310 e. The highest BCUT2D eigenvalue weighted by Crippen LogP contribution is 2.60. The average molecular weight is 970 g/mol. The second-order valence-corrected chi connectivity index (χ2v) is 16.3. The lowest BCUT2D eigenvalue weighted by molar-refractivity contribution is 0.768. The highest BCUT2D eigenvalue weighted by atomic mass is 15.1. The molecule has 0 amide bonds. The molecule has 2 aliphatic rings. The lowest BCUT2D eigenvalue weighted by Crippen LogP contribution is -2.28. The van der Waals surface area contributed by atoms with Crippen LogP contribution >= 0.6 is 0 Å². The van der Waals surface area contributed by atoms with Crippen LogP contribution in [0.15, 0.2) is 296 Å². The smallest absolute Gasteiger partial charge is 0.0714 e. The Hall–Kier alpha value is -9.30. The number of hydrogen-bond donors (Lipinski definition) is 0. The minimum atomic E-state index is -3.46. The van der Waals surface area contributed by atoms with E-state index in [2.05, 4.69) is 0 Å². The molecule has 1 atom stereocenters. The molecule has 2 aliphatic carbocycles. The number of rotatable bonds is 9. The van der Waals surface area contributed by atoms with E-state index >= 15 is 0 Å². The average Bonchev–Trinajstić information content (AvgIpc) is 1.52. The van der Waals surface area contributed by atoms with Gasteiger partial charge in [0.1, 0.15) is 0 Å². The van der Waals surface area contributed by atoms with E-state index in [9.17, 15) is 35.6 Å². The van der Waals surface area contributed by atoms with E-state index in [0.29, 0.717) is 4.90 Å². The first-order valence-electron chi connectivity index (χ1n) is 43.0.